The molecule has 7 nitrogen and oxygen atoms in total. The highest BCUT2D eigenvalue weighted by atomic mass is 32.2. The largest absolute Gasteiger partial charge is 0.772 e. The van der Waals surface area contributed by atoms with Crippen molar-refractivity contribution < 1.29 is 26.3 Å². The summed E-state index contributed by atoms with van der Waals surface area (Å²) in [5.41, 5.74) is 3.26. The van der Waals surface area contributed by atoms with Crippen molar-refractivity contribution >= 4 is 87.8 Å². The van der Waals surface area contributed by atoms with Gasteiger partial charge >= 0.3 is 0 Å². The number of nitrogens with zero attached hydrogens (tertiary/aromatic N) is 2. The van der Waals surface area contributed by atoms with Crippen LogP contribution < -0.4 is 9.47 Å². The lowest BCUT2D eigenvalue weighted by Gasteiger charge is -2.22. The van der Waals surface area contributed by atoms with Crippen molar-refractivity contribution in [3.63, 3.8) is 0 Å². The highest BCUT2D eigenvalue weighted by molar-refractivity contribution is 8.03. The van der Waals surface area contributed by atoms with Crippen LogP contribution >= 0.6 is 23.1 Å². The van der Waals surface area contributed by atoms with Crippen molar-refractivity contribution in [2.45, 2.75) is 37.6 Å². The fraction of sp³-hybridized carbons (Fsp3) is 0.242. The monoisotopic (exact) mass is 664 g/mol. The molecule has 0 saturated heterocycles. The molecule has 0 saturated carbocycles. The number of anilines is 1. The first-order valence-corrected chi connectivity index (χ1v) is 18.9. The summed E-state index contributed by atoms with van der Waals surface area (Å²) < 4.78 is 58.5. The summed E-state index contributed by atoms with van der Waals surface area (Å²) >= 11 is 1.26. The topological polar surface area (TPSA) is 102 Å². The highest BCUT2D eigenvalue weighted by Crippen LogP contribution is 2.50. The second-order valence-corrected chi connectivity index (χ2v) is 15.4. The molecule has 0 bridgehead atoms. The van der Waals surface area contributed by atoms with E-state index >= 15 is 0 Å². The number of rotatable bonds is 11. The number of allylic oxidation sites excluding steroid dienone is 2. The van der Waals surface area contributed by atoms with Crippen LogP contribution in [0.2, 0.25) is 0 Å². The number of benzene rings is 4. The van der Waals surface area contributed by atoms with Gasteiger partial charge in [0.15, 0.2) is 6.54 Å². The van der Waals surface area contributed by atoms with Crippen LogP contribution in [0.25, 0.3) is 37.8 Å². The zero-order chi connectivity index (χ0) is 30.8. The Labute approximate surface area is 267 Å². The number of thiazole rings is 1. The van der Waals surface area contributed by atoms with Crippen molar-refractivity contribution in [3.8, 4) is 0 Å². The summed E-state index contributed by atoms with van der Waals surface area (Å²) in [4.78, 5) is 3.39. The molecule has 1 aliphatic heterocycles. The van der Waals surface area contributed by atoms with Gasteiger partial charge in [0.1, 0.15) is 4.70 Å². The Kier molecular flexibility index (Phi) is 9.23. The zero-order valence-electron chi connectivity index (χ0n) is 24.1. The molecule has 1 aromatic heterocycles. The molecule has 6 rings (SSSR count). The number of thioether (sulfide) groups is 1. The van der Waals surface area contributed by atoms with Gasteiger partial charge < -0.3 is 9.45 Å². The molecule has 0 spiro atoms. The van der Waals surface area contributed by atoms with E-state index in [4.69, 9.17) is 0 Å². The Morgan fingerprint density at radius 3 is 2.43 bits per heavy atom. The second kappa shape index (κ2) is 13.1. The lowest BCUT2D eigenvalue weighted by Crippen LogP contribution is -2.36. The Morgan fingerprint density at radius 1 is 1.00 bits per heavy atom. The standard InChI is InChI=1S/C33H32N2O5S4/c1-2-23(21-30-34(17-7-19-43(36)37)32-26-11-5-3-9-24(26)13-15-28(32)41-30)22-31-35(18-8-20-44(38,39)40)33-27-12-6-4-10-25(27)14-16-29(33)42-31/h3-6,9-16,21-22H,2,7-8,17-20H2,1H3,(H-,36,37,38,39,40). The van der Waals surface area contributed by atoms with E-state index in [1.165, 1.54) is 0 Å². The molecule has 2 heterocycles. The van der Waals surface area contributed by atoms with Crippen molar-refractivity contribution in [2.24, 2.45) is 0 Å². The first-order chi connectivity index (χ1) is 21.2. The maximum Gasteiger partial charge on any atom is 0.265 e. The summed E-state index contributed by atoms with van der Waals surface area (Å²) in [6, 6.07) is 24.9. The Bertz CT molecular complexity index is 2070. The smallest absolute Gasteiger partial charge is 0.265 e. The van der Waals surface area contributed by atoms with Crippen LogP contribution in [0.5, 0.6) is 0 Å². The molecule has 1 N–H and O–H groups in total. The van der Waals surface area contributed by atoms with Gasteiger partial charge in [-0.1, -0.05) is 95.7 Å². The van der Waals surface area contributed by atoms with Crippen molar-refractivity contribution in [1.29, 1.82) is 0 Å². The van der Waals surface area contributed by atoms with Gasteiger partial charge in [0, 0.05) is 35.1 Å². The number of hydrogen-bond acceptors (Lipinski definition) is 7. The maximum absolute atomic E-state index is 11.5. The van der Waals surface area contributed by atoms with Gasteiger partial charge in [-0.15, -0.1) is 0 Å². The maximum atomic E-state index is 11.5. The van der Waals surface area contributed by atoms with Gasteiger partial charge in [-0.2, -0.15) is 13.0 Å². The molecule has 5 aromatic rings. The summed E-state index contributed by atoms with van der Waals surface area (Å²) in [7, 11) is -4.07. The van der Waals surface area contributed by atoms with Crippen LogP contribution in [0.3, 0.4) is 0 Å². The minimum Gasteiger partial charge on any atom is -0.772 e. The molecular formula is C33H32N2O5S4. The first-order valence-electron chi connectivity index (χ1n) is 14.5. The van der Waals surface area contributed by atoms with E-state index < -0.39 is 21.2 Å². The van der Waals surface area contributed by atoms with E-state index in [-0.39, 0.29) is 17.9 Å². The molecule has 0 amide bonds. The highest BCUT2D eigenvalue weighted by Gasteiger charge is 2.28. The van der Waals surface area contributed by atoms with Gasteiger partial charge in [-0.05, 0) is 53.5 Å². The fourth-order valence-corrected chi connectivity index (χ4v) is 8.94. The summed E-state index contributed by atoms with van der Waals surface area (Å²) in [5, 5.41) is 6.53. The van der Waals surface area contributed by atoms with E-state index in [2.05, 4.69) is 77.1 Å². The second-order valence-electron chi connectivity index (χ2n) is 10.7. The van der Waals surface area contributed by atoms with Gasteiger partial charge in [-0.25, -0.2) is 0 Å². The van der Waals surface area contributed by atoms with Crippen molar-refractivity contribution in [2.75, 3.05) is 23.0 Å². The Hall–Kier alpha value is -3.06. The summed E-state index contributed by atoms with van der Waals surface area (Å²) in [5.74, 6) is -0.202. The van der Waals surface area contributed by atoms with E-state index in [1.54, 1.807) is 23.1 Å². The molecule has 0 radical (unpaired) electrons. The average Bonchev–Trinajstić information content (AvgIpc) is 3.53. The minimum absolute atomic E-state index is 0.102. The van der Waals surface area contributed by atoms with Crippen LogP contribution in [0.4, 0.5) is 5.69 Å². The third-order valence-corrected chi connectivity index (χ3v) is 11.4. The SMILES string of the molecule is CCC(=C/c1sc2ccc3ccccc3c2[n+]1CCCS(=O)(=O)O)/C=C1/Sc2ccc3ccccc3c2N1CCCS(=O)[O-]. The number of fused-ring (bicyclic) bond motifs is 6. The van der Waals surface area contributed by atoms with Crippen LogP contribution in [-0.4, -0.2) is 39.8 Å². The predicted molar refractivity (Wildman–Crippen MR) is 182 cm³/mol. The normalized spacial score (nSPS) is 15.6. The number of aryl methyl sites for hydroxylation is 1. The molecule has 0 aliphatic carbocycles. The lowest BCUT2D eigenvalue weighted by atomic mass is 10.1. The number of aromatic nitrogens is 1. The molecule has 44 heavy (non-hydrogen) atoms. The van der Waals surface area contributed by atoms with E-state index in [0.717, 1.165) is 64.4 Å². The van der Waals surface area contributed by atoms with E-state index in [1.807, 2.05) is 24.3 Å². The van der Waals surface area contributed by atoms with Crippen molar-refractivity contribution in [1.82, 2.24) is 0 Å². The lowest BCUT2D eigenvalue weighted by molar-refractivity contribution is -0.667. The molecule has 1 unspecified atom stereocenters. The van der Waals surface area contributed by atoms with E-state index in [9.17, 15) is 21.7 Å². The van der Waals surface area contributed by atoms with Crippen LogP contribution in [0.1, 0.15) is 31.2 Å². The summed E-state index contributed by atoms with van der Waals surface area (Å²) in [6.45, 7) is 3.13. The summed E-state index contributed by atoms with van der Waals surface area (Å²) in [6.07, 6.45) is 5.93. The van der Waals surface area contributed by atoms with Gasteiger partial charge in [-0.3, -0.25) is 8.76 Å². The molecule has 4 aromatic carbocycles. The van der Waals surface area contributed by atoms with Crippen LogP contribution in [0.15, 0.2) is 94.4 Å². The molecule has 1 atom stereocenters. The third kappa shape index (κ3) is 6.63. The molecule has 11 heteroatoms. The molecular weight excluding hydrogens is 633 g/mol. The van der Waals surface area contributed by atoms with Crippen LogP contribution in [-0.2, 0) is 27.7 Å². The molecule has 228 valence electrons. The van der Waals surface area contributed by atoms with Crippen molar-refractivity contribution in [3.05, 3.63) is 94.5 Å². The quantitative estimate of drug-likeness (QED) is 0.0899. The first kappa shape index (κ1) is 30.9. The fourth-order valence-electron chi connectivity index (χ4n) is 5.72. The van der Waals surface area contributed by atoms with E-state index in [0.29, 0.717) is 19.5 Å². The molecule has 1 aliphatic rings. The Balaban J connectivity index is 1.44. The molecule has 0 fully saturated rings. The van der Waals surface area contributed by atoms with Gasteiger partial charge in [0.2, 0.25) is 5.52 Å². The minimum atomic E-state index is -4.07. The van der Waals surface area contributed by atoms with Gasteiger partial charge in [0.25, 0.3) is 15.1 Å². The van der Waals surface area contributed by atoms with Gasteiger partial charge in [0.05, 0.1) is 21.9 Å². The average molecular weight is 665 g/mol. The number of hydrogen-bond donors (Lipinski definition) is 1. The zero-order valence-corrected chi connectivity index (χ0v) is 27.4. The Morgan fingerprint density at radius 2 is 1.70 bits per heavy atom. The third-order valence-electron chi connectivity index (χ3n) is 7.73. The van der Waals surface area contributed by atoms with Crippen LogP contribution in [0, 0.1) is 0 Å². The predicted octanol–water partition coefficient (Wildman–Crippen LogP) is 7.29.